The summed E-state index contributed by atoms with van der Waals surface area (Å²) >= 11 is 6.50. The van der Waals surface area contributed by atoms with Gasteiger partial charge < -0.3 is 39.1 Å². The van der Waals surface area contributed by atoms with Crippen molar-refractivity contribution >= 4 is 28.6 Å². The molecule has 202 valence electrons. The van der Waals surface area contributed by atoms with Crippen LogP contribution in [0.15, 0.2) is 18.2 Å². The molecule has 0 amide bonds. The third kappa shape index (κ3) is 4.24. The minimum Gasteiger partial charge on any atom is -0.490 e. The van der Waals surface area contributed by atoms with Crippen molar-refractivity contribution in [3.05, 3.63) is 40.2 Å². The Morgan fingerprint density at radius 1 is 1.18 bits per heavy atom. The van der Waals surface area contributed by atoms with Gasteiger partial charge in [-0.15, -0.1) is 0 Å². The molecule has 10 nitrogen and oxygen atoms in total. The van der Waals surface area contributed by atoms with Crippen LogP contribution in [0.25, 0.3) is 11.2 Å². The molecule has 0 saturated carbocycles. The van der Waals surface area contributed by atoms with E-state index >= 15 is 4.39 Å². The number of pyridine rings is 1. The smallest absolute Gasteiger partial charge is 0.296 e. The summed E-state index contributed by atoms with van der Waals surface area (Å²) < 4.78 is 56.8. The number of rotatable bonds is 7. The first kappa shape index (κ1) is 24.3. The molecule has 0 radical (unpaired) electrons. The highest BCUT2D eigenvalue weighted by molar-refractivity contribution is 6.33. The van der Waals surface area contributed by atoms with Gasteiger partial charge in [0, 0.05) is 11.6 Å². The van der Waals surface area contributed by atoms with Crippen molar-refractivity contribution in [2.75, 3.05) is 38.4 Å². The van der Waals surface area contributed by atoms with Crippen LogP contribution in [-0.2, 0) is 20.6 Å². The van der Waals surface area contributed by atoms with Gasteiger partial charge >= 0.3 is 0 Å². The Hall–Kier alpha value is -2.77. The highest BCUT2D eigenvalue weighted by Crippen LogP contribution is 2.40. The molecule has 0 bridgehead atoms. The summed E-state index contributed by atoms with van der Waals surface area (Å²) in [5, 5.41) is 13.5. The fourth-order valence-electron chi connectivity index (χ4n) is 5.44. The maximum Gasteiger partial charge on any atom is 0.296 e. The van der Waals surface area contributed by atoms with Gasteiger partial charge in [-0.2, -0.15) is 4.98 Å². The first-order chi connectivity index (χ1) is 18.3. The Kier molecular flexibility index (Phi) is 5.85. The normalized spacial score (nSPS) is 29.2. The predicted octanol–water partition coefficient (Wildman–Crippen LogP) is 2.87. The van der Waals surface area contributed by atoms with E-state index < -0.39 is 29.8 Å². The number of nitrogens with one attached hydrogen (secondary N) is 2. The summed E-state index contributed by atoms with van der Waals surface area (Å²) in [6, 6.07) is 4.58. The number of fused-ring (bicyclic) bond motifs is 3. The summed E-state index contributed by atoms with van der Waals surface area (Å²) in [5.74, 6) is 0.226. The van der Waals surface area contributed by atoms with Crippen molar-refractivity contribution in [2.45, 2.75) is 49.0 Å². The molecule has 3 fully saturated rings. The van der Waals surface area contributed by atoms with E-state index in [0.717, 1.165) is 5.56 Å². The topological polar surface area (TPSA) is 120 Å². The van der Waals surface area contributed by atoms with E-state index in [9.17, 15) is 9.50 Å². The number of H-pyrrole nitrogens is 1. The fraction of sp³-hybridized carbons (Fsp3) is 0.520. The first-order valence-electron chi connectivity index (χ1n) is 12.5. The number of ether oxygens (including phenoxy) is 5. The number of halogens is 3. The lowest BCUT2D eigenvalue weighted by Gasteiger charge is -2.33. The molecule has 1 aliphatic carbocycles. The Morgan fingerprint density at radius 3 is 2.84 bits per heavy atom. The number of aryl methyl sites for hydroxylation is 1. The number of aromatic nitrogens is 3. The zero-order chi connectivity index (χ0) is 26.0. The minimum absolute atomic E-state index is 0.0112. The van der Waals surface area contributed by atoms with E-state index in [1.807, 2.05) is 0 Å². The summed E-state index contributed by atoms with van der Waals surface area (Å²) in [6.45, 7) is 0.276. The lowest BCUT2D eigenvalue weighted by molar-refractivity contribution is -0.146. The number of imidazole rings is 1. The Bertz CT molecular complexity index is 1390. The molecular formula is C25H25ClF2N4O6. The molecule has 1 aromatic carbocycles. The van der Waals surface area contributed by atoms with E-state index in [1.165, 1.54) is 6.07 Å². The summed E-state index contributed by atoms with van der Waals surface area (Å²) in [6.07, 6.45) is -0.642. The summed E-state index contributed by atoms with van der Waals surface area (Å²) in [4.78, 5) is 12.0. The first-order valence-corrected chi connectivity index (χ1v) is 12.9. The fourth-order valence-corrected chi connectivity index (χ4v) is 5.65. The summed E-state index contributed by atoms with van der Waals surface area (Å²) in [7, 11) is 0. The Labute approximate surface area is 220 Å². The molecule has 7 rings (SSSR count). The molecular weight excluding hydrogens is 526 g/mol. The van der Waals surface area contributed by atoms with Crippen LogP contribution < -0.4 is 14.8 Å². The predicted molar refractivity (Wildman–Crippen MR) is 130 cm³/mol. The molecule has 3 aliphatic heterocycles. The monoisotopic (exact) mass is 550 g/mol. The van der Waals surface area contributed by atoms with Gasteiger partial charge in [0.25, 0.3) is 6.01 Å². The molecule has 3 N–H and O–H groups in total. The standard InChI is InChI=1S/C25H25ClF2N4O6/c26-13-5-16-23(32-24(30-16)38-18-7-36-20-17(33)6-35-21(18)20)31-22(13)29-15-2-1-11-3-12(4-14(27)19(11)15)37-10-25(28)8-34-9-25/h3-5,15,17-18,20-21,33H,1-2,6-10H2,(H2,29,30,31,32)/t15?,17-,18-,20-,21-/m1/s1. The molecule has 5 atom stereocenters. The number of aliphatic hydroxyl groups is 1. The molecule has 5 heterocycles. The van der Waals surface area contributed by atoms with E-state index in [1.54, 1.807) is 12.1 Å². The molecule has 0 spiro atoms. The molecule has 4 aliphatic rings. The number of hydrogen-bond acceptors (Lipinski definition) is 9. The molecule has 2 aromatic heterocycles. The van der Waals surface area contributed by atoms with Crippen LogP contribution in [0.1, 0.15) is 23.6 Å². The number of hydrogen-bond donors (Lipinski definition) is 3. The van der Waals surface area contributed by atoms with Gasteiger partial charge in [-0.25, -0.2) is 13.8 Å². The zero-order valence-corrected chi connectivity index (χ0v) is 20.8. The molecule has 1 unspecified atom stereocenters. The highest BCUT2D eigenvalue weighted by atomic mass is 35.5. The number of benzene rings is 1. The van der Waals surface area contributed by atoms with Crippen molar-refractivity contribution in [1.29, 1.82) is 0 Å². The summed E-state index contributed by atoms with van der Waals surface area (Å²) in [5.41, 5.74) is 0.729. The second kappa shape index (κ2) is 9.16. The van der Waals surface area contributed by atoms with Crippen LogP contribution >= 0.6 is 11.6 Å². The van der Waals surface area contributed by atoms with Gasteiger partial charge in [0.1, 0.15) is 42.3 Å². The number of anilines is 1. The number of aliphatic hydroxyl groups excluding tert-OH is 1. The second-order valence-corrected chi connectivity index (χ2v) is 10.6. The van der Waals surface area contributed by atoms with Crippen molar-refractivity contribution < 1.29 is 37.6 Å². The number of nitrogens with zero attached hydrogens (tertiary/aromatic N) is 2. The minimum atomic E-state index is -1.52. The largest absolute Gasteiger partial charge is 0.490 e. The molecule has 13 heteroatoms. The van der Waals surface area contributed by atoms with Gasteiger partial charge in [0.05, 0.1) is 43.0 Å². The van der Waals surface area contributed by atoms with Crippen LogP contribution in [0.5, 0.6) is 11.8 Å². The van der Waals surface area contributed by atoms with Gasteiger partial charge in [0.15, 0.2) is 17.4 Å². The highest BCUT2D eigenvalue weighted by Gasteiger charge is 2.48. The number of aromatic amines is 1. The molecule has 3 aromatic rings. The third-order valence-corrected chi connectivity index (χ3v) is 7.71. The van der Waals surface area contributed by atoms with Crippen LogP contribution in [0.4, 0.5) is 14.6 Å². The maximum absolute atomic E-state index is 15.1. The van der Waals surface area contributed by atoms with Gasteiger partial charge in [0.2, 0.25) is 0 Å². The van der Waals surface area contributed by atoms with Crippen LogP contribution in [0.2, 0.25) is 5.02 Å². The van der Waals surface area contributed by atoms with Crippen LogP contribution in [-0.4, -0.2) is 83.2 Å². The SMILES string of the molecule is O[C@@H]1CO[C@H]2[C@@H]1OC[C@H]2Oc1nc2nc(NC3CCc4cc(OCC5(F)COC5)cc(F)c43)c(Cl)cc2[nH]1. The lowest BCUT2D eigenvalue weighted by Crippen LogP contribution is -2.50. The van der Waals surface area contributed by atoms with E-state index in [0.29, 0.717) is 46.2 Å². The van der Waals surface area contributed by atoms with E-state index in [-0.39, 0.29) is 51.2 Å². The van der Waals surface area contributed by atoms with Crippen LogP contribution in [0.3, 0.4) is 0 Å². The maximum atomic E-state index is 15.1. The molecule has 38 heavy (non-hydrogen) atoms. The van der Waals surface area contributed by atoms with E-state index in [4.69, 9.17) is 35.3 Å². The second-order valence-electron chi connectivity index (χ2n) is 10.2. The van der Waals surface area contributed by atoms with Gasteiger partial charge in [-0.05, 0) is 30.5 Å². The van der Waals surface area contributed by atoms with Crippen molar-refractivity contribution in [1.82, 2.24) is 15.0 Å². The van der Waals surface area contributed by atoms with Crippen molar-refractivity contribution in [3.8, 4) is 11.8 Å². The van der Waals surface area contributed by atoms with Crippen molar-refractivity contribution in [3.63, 3.8) is 0 Å². The third-order valence-electron chi connectivity index (χ3n) is 7.42. The average molecular weight is 551 g/mol. The quantitative estimate of drug-likeness (QED) is 0.408. The average Bonchev–Trinajstić information content (AvgIpc) is 3.63. The zero-order valence-electron chi connectivity index (χ0n) is 20.1. The Morgan fingerprint density at radius 2 is 2.03 bits per heavy atom. The van der Waals surface area contributed by atoms with E-state index in [2.05, 4.69) is 20.3 Å². The van der Waals surface area contributed by atoms with Crippen molar-refractivity contribution in [2.24, 2.45) is 0 Å². The van der Waals surface area contributed by atoms with Crippen LogP contribution in [0, 0.1) is 5.82 Å². The lowest BCUT2D eigenvalue weighted by atomic mass is 10.1. The molecule has 3 saturated heterocycles. The van der Waals surface area contributed by atoms with Gasteiger partial charge in [-0.1, -0.05) is 11.6 Å². The Balaban J connectivity index is 1.06. The van der Waals surface area contributed by atoms with Gasteiger partial charge in [-0.3, -0.25) is 0 Å². The number of alkyl halides is 1.